The molecule has 1 aromatic rings. The van der Waals surface area contributed by atoms with Gasteiger partial charge >= 0.3 is 0 Å². The number of benzene rings is 1. The van der Waals surface area contributed by atoms with Crippen molar-refractivity contribution in [3.8, 4) is 5.75 Å². The Balaban J connectivity index is 2.31. The second-order valence-corrected chi connectivity index (χ2v) is 5.82. The fourth-order valence-corrected chi connectivity index (χ4v) is 2.17. The van der Waals surface area contributed by atoms with Crippen LogP contribution in [0.5, 0.6) is 5.75 Å². The molecule has 0 bridgehead atoms. The first-order valence-corrected chi connectivity index (χ1v) is 7.90. The zero-order chi connectivity index (χ0) is 16.5. The van der Waals surface area contributed by atoms with E-state index in [2.05, 4.69) is 32.1 Å². The largest absolute Gasteiger partial charge is 0.483 e. The Morgan fingerprint density at radius 3 is 2.64 bits per heavy atom. The molecular formula is C14H18BrN3O3S. The molecule has 120 valence electrons. The third-order valence-electron chi connectivity index (χ3n) is 2.54. The van der Waals surface area contributed by atoms with Gasteiger partial charge in [0.15, 0.2) is 11.7 Å². The zero-order valence-electron chi connectivity index (χ0n) is 12.4. The van der Waals surface area contributed by atoms with E-state index in [1.165, 1.54) is 0 Å². The van der Waals surface area contributed by atoms with Crippen molar-refractivity contribution in [3.05, 3.63) is 28.2 Å². The van der Waals surface area contributed by atoms with Crippen molar-refractivity contribution in [2.24, 2.45) is 0 Å². The summed E-state index contributed by atoms with van der Waals surface area (Å²) in [4.78, 5) is 22.9. The van der Waals surface area contributed by atoms with Crippen LogP contribution in [0.15, 0.2) is 22.7 Å². The summed E-state index contributed by atoms with van der Waals surface area (Å²) in [5.74, 6) is 0.0163. The van der Waals surface area contributed by atoms with Crippen molar-refractivity contribution in [1.29, 1.82) is 0 Å². The number of amides is 2. The molecule has 0 aromatic heterocycles. The van der Waals surface area contributed by atoms with E-state index in [-0.39, 0.29) is 17.6 Å². The molecule has 3 N–H and O–H groups in total. The molecule has 1 rings (SSSR count). The number of hydrogen-bond donors (Lipinski definition) is 3. The maximum Gasteiger partial charge on any atom is 0.276 e. The van der Waals surface area contributed by atoms with Crippen molar-refractivity contribution in [2.75, 3.05) is 6.61 Å². The maximum atomic E-state index is 11.6. The Labute approximate surface area is 143 Å². The van der Waals surface area contributed by atoms with Crippen LogP contribution < -0.4 is 20.9 Å². The Morgan fingerprint density at radius 1 is 1.27 bits per heavy atom. The number of hydrazine groups is 1. The van der Waals surface area contributed by atoms with E-state index in [4.69, 9.17) is 17.0 Å². The SMILES string of the molecule is CCCC(=O)NC(=S)NNC(=O)COc1ccc(Br)cc1C. The average molecular weight is 388 g/mol. The fraction of sp³-hybridized carbons (Fsp3) is 0.357. The molecule has 0 aliphatic carbocycles. The first kappa shape index (κ1) is 18.4. The van der Waals surface area contributed by atoms with E-state index in [1.807, 2.05) is 26.0 Å². The van der Waals surface area contributed by atoms with Crippen LogP contribution in [0, 0.1) is 6.92 Å². The van der Waals surface area contributed by atoms with E-state index < -0.39 is 5.91 Å². The molecular weight excluding hydrogens is 370 g/mol. The maximum absolute atomic E-state index is 11.6. The molecule has 0 spiro atoms. The van der Waals surface area contributed by atoms with Crippen molar-refractivity contribution in [3.63, 3.8) is 0 Å². The molecule has 1 aromatic carbocycles. The van der Waals surface area contributed by atoms with E-state index in [9.17, 15) is 9.59 Å². The summed E-state index contributed by atoms with van der Waals surface area (Å²) in [6.45, 7) is 3.61. The Hall–Kier alpha value is -1.67. The monoisotopic (exact) mass is 387 g/mol. The highest BCUT2D eigenvalue weighted by molar-refractivity contribution is 9.10. The van der Waals surface area contributed by atoms with Gasteiger partial charge in [-0.2, -0.15) is 0 Å². The molecule has 2 amide bonds. The predicted molar refractivity (Wildman–Crippen MR) is 91.3 cm³/mol. The number of hydrogen-bond acceptors (Lipinski definition) is 4. The lowest BCUT2D eigenvalue weighted by atomic mass is 10.2. The van der Waals surface area contributed by atoms with Crippen LogP contribution >= 0.6 is 28.1 Å². The van der Waals surface area contributed by atoms with Crippen LogP contribution in [0.2, 0.25) is 0 Å². The summed E-state index contributed by atoms with van der Waals surface area (Å²) in [7, 11) is 0. The highest BCUT2D eigenvalue weighted by atomic mass is 79.9. The summed E-state index contributed by atoms with van der Waals surface area (Å²) in [5.41, 5.74) is 5.71. The van der Waals surface area contributed by atoms with Crippen LogP contribution in [0.3, 0.4) is 0 Å². The third-order valence-corrected chi connectivity index (χ3v) is 3.24. The second-order valence-electron chi connectivity index (χ2n) is 4.50. The van der Waals surface area contributed by atoms with E-state index >= 15 is 0 Å². The lowest BCUT2D eigenvalue weighted by Crippen LogP contribution is -2.49. The first-order valence-electron chi connectivity index (χ1n) is 6.70. The van der Waals surface area contributed by atoms with Crippen LogP contribution in [0.4, 0.5) is 0 Å². The Kier molecular flexibility index (Phi) is 7.83. The van der Waals surface area contributed by atoms with Gasteiger partial charge in [0.05, 0.1) is 0 Å². The minimum Gasteiger partial charge on any atom is -0.483 e. The van der Waals surface area contributed by atoms with Gasteiger partial charge in [0.25, 0.3) is 5.91 Å². The molecule has 0 fully saturated rings. The summed E-state index contributed by atoms with van der Waals surface area (Å²) in [6, 6.07) is 5.50. The molecule has 0 aliphatic heterocycles. The number of aryl methyl sites for hydroxylation is 1. The lowest BCUT2D eigenvalue weighted by Gasteiger charge is -2.12. The van der Waals surface area contributed by atoms with Crippen molar-refractivity contribution in [1.82, 2.24) is 16.2 Å². The lowest BCUT2D eigenvalue weighted by molar-refractivity contribution is -0.124. The van der Waals surface area contributed by atoms with E-state index in [1.54, 1.807) is 6.07 Å². The van der Waals surface area contributed by atoms with Crippen LogP contribution in [-0.2, 0) is 9.59 Å². The minimum atomic E-state index is -0.408. The average Bonchev–Trinajstić information content (AvgIpc) is 2.44. The van der Waals surface area contributed by atoms with Crippen molar-refractivity contribution < 1.29 is 14.3 Å². The Morgan fingerprint density at radius 2 is 2.00 bits per heavy atom. The molecule has 0 atom stereocenters. The molecule has 0 saturated heterocycles. The van der Waals surface area contributed by atoms with Gasteiger partial charge in [-0.25, -0.2) is 0 Å². The molecule has 0 unspecified atom stereocenters. The van der Waals surface area contributed by atoms with Gasteiger partial charge in [-0.05, 0) is 49.3 Å². The predicted octanol–water partition coefficient (Wildman–Crippen LogP) is 1.96. The smallest absolute Gasteiger partial charge is 0.276 e. The number of thiocarbonyl (C=S) groups is 1. The summed E-state index contributed by atoms with van der Waals surface area (Å²) < 4.78 is 6.34. The van der Waals surface area contributed by atoms with Crippen LogP contribution in [0.1, 0.15) is 25.3 Å². The number of rotatable bonds is 5. The standard InChI is InChI=1S/C14H18BrN3O3S/c1-3-4-12(19)16-14(22)18-17-13(20)8-21-11-6-5-10(15)7-9(11)2/h5-7H,3-4,8H2,1-2H3,(H,17,20)(H2,16,18,19,22). The number of carbonyl (C=O) groups excluding carboxylic acids is 2. The number of carbonyl (C=O) groups is 2. The van der Waals surface area contributed by atoms with Crippen molar-refractivity contribution in [2.45, 2.75) is 26.7 Å². The van der Waals surface area contributed by atoms with Crippen LogP contribution in [-0.4, -0.2) is 23.5 Å². The normalized spacial score (nSPS) is 9.77. The molecule has 0 aliphatic rings. The summed E-state index contributed by atoms with van der Waals surface area (Å²) >= 11 is 8.23. The molecule has 0 heterocycles. The van der Waals surface area contributed by atoms with Gasteiger partial charge in [0, 0.05) is 10.9 Å². The van der Waals surface area contributed by atoms with Gasteiger partial charge in [-0.1, -0.05) is 22.9 Å². The summed E-state index contributed by atoms with van der Waals surface area (Å²) in [6.07, 6.45) is 1.10. The number of halogens is 1. The topological polar surface area (TPSA) is 79.5 Å². The molecule has 6 nitrogen and oxygen atoms in total. The molecule has 0 radical (unpaired) electrons. The molecule has 0 saturated carbocycles. The fourth-order valence-electron chi connectivity index (χ4n) is 1.53. The van der Waals surface area contributed by atoms with Crippen molar-refractivity contribution >= 4 is 45.1 Å². The third kappa shape index (κ3) is 6.86. The van der Waals surface area contributed by atoms with E-state index in [0.29, 0.717) is 12.2 Å². The molecule has 22 heavy (non-hydrogen) atoms. The number of nitrogens with one attached hydrogen (secondary N) is 3. The highest BCUT2D eigenvalue weighted by Gasteiger charge is 2.07. The first-order chi connectivity index (χ1) is 10.4. The van der Waals surface area contributed by atoms with Gasteiger partial charge < -0.3 is 10.1 Å². The minimum absolute atomic E-state index is 0.0478. The zero-order valence-corrected chi connectivity index (χ0v) is 14.8. The summed E-state index contributed by atoms with van der Waals surface area (Å²) in [5, 5.41) is 2.49. The van der Waals surface area contributed by atoms with Crippen LogP contribution in [0.25, 0.3) is 0 Å². The van der Waals surface area contributed by atoms with E-state index in [0.717, 1.165) is 16.5 Å². The second kappa shape index (κ2) is 9.37. The molecule has 8 heteroatoms. The quantitative estimate of drug-likeness (QED) is 0.531. The van der Waals surface area contributed by atoms with Gasteiger partial charge in [-0.15, -0.1) is 0 Å². The van der Waals surface area contributed by atoms with Gasteiger partial charge in [0.1, 0.15) is 5.75 Å². The van der Waals surface area contributed by atoms with Gasteiger partial charge in [-0.3, -0.25) is 20.4 Å². The van der Waals surface area contributed by atoms with Gasteiger partial charge in [0.2, 0.25) is 5.91 Å². The Bertz CT molecular complexity index is 566. The highest BCUT2D eigenvalue weighted by Crippen LogP contribution is 2.21. The number of ether oxygens (including phenoxy) is 1.